The van der Waals surface area contributed by atoms with Crippen molar-refractivity contribution in [1.82, 2.24) is 4.98 Å². The molecule has 0 bridgehead atoms. The molecule has 148 valence electrons. The van der Waals surface area contributed by atoms with Gasteiger partial charge in [-0.2, -0.15) is 0 Å². The number of aromatic nitrogens is 1. The molecule has 4 rings (SSSR count). The predicted molar refractivity (Wildman–Crippen MR) is 113 cm³/mol. The molecule has 6 nitrogen and oxygen atoms in total. The number of rotatable bonds is 5. The van der Waals surface area contributed by atoms with Crippen molar-refractivity contribution in [2.24, 2.45) is 0 Å². The fourth-order valence-corrected chi connectivity index (χ4v) is 3.26. The predicted octanol–water partition coefficient (Wildman–Crippen LogP) is 4.72. The molecule has 1 aromatic heterocycles. The van der Waals surface area contributed by atoms with Gasteiger partial charge < -0.3 is 20.1 Å². The summed E-state index contributed by atoms with van der Waals surface area (Å²) in [7, 11) is 0. The highest BCUT2D eigenvalue weighted by Gasteiger charge is 2.13. The Morgan fingerprint density at radius 2 is 1.90 bits per heavy atom. The summed E-state index contributed by atoms with van der Waals surface area (Å²) in [5.41, 5.74) is 4.37. The van der Waals surface area contributed by atoms with Crippen molar-refractivity contribution < 1.29 is 14.3 Å². The number of aryl methyl sites for hydroxylation is 2. The Labute approximate surface area is 169 Å². The number of nitrogens with one attached hydrogen (secondary N) is 2. The molecule has 1 aliphatic heterocycles. The molecule has 0 saturated carbocycles. The van der Waals surface area contributed by atoms with Gasteiger partial charge >= 0.3 is 0 Å². The number of hydrogen-bond donors (Lipinski definition) is 2. The Morgan fingerprint density at radius 1 is 1.07 bits per heavy atom. The SMILES string of the molecule is CCc1cccc(C)c1NC(=O)c1ccc(Nc2ccc3c(c2)OCCO3)nc1. The van der Waals surface area contributed by atoms with E-state index in [1.807, 2.05) is 43.3 Å². The summed E-state index contributed by atoms with van der Waals surface area (Å²) in [4.78, 5) is 17.0. The number of anilines is 3. The summed E-state index contributed by atoms with van der Waals surface area (Å²) < 4.78 is 11.1. The molecule has 1 amide bonds. The van der Waals surface area contributed by atoms with Gasteiger partial charge in [-0.1, -0.05) is 25.1 Å². The first-order chi connectivity index (χ1) is 14.1. The van der Waals surface area contributed by atoms with Crippen LogP contribution >= 0.6 is 0 Å². The van der Waals surface area contributed by atoms with E-state index in [1.54, 1.807) is 18.3 Å². The first kappa shape index (κ1) is 18.8. The zero-order valence-electron chi connectivity index (χ0n) is 16.5. The molecule has 0 radical (unpaired) electrons. The monoisotopic (exact) mass is 389 g/mol. The fourth-order valence-electron chi connectivity index (χ4n) is 3.26. The zero-order chi connectivity index (χ0) is 20.2. The van der Waals surface area contributed by atoms with Crippen molar-refractivity contribution in [3.8, 4) is 11.5 Å². The molecule has 2 N–H and O–H groups in total. The van der Waals surface area contributed by atoms with Crippen LogP contribution in [0.4, 0.5) is 17.2 Å². The number of amides is 1. The van der Waals surface area contributed by atoms with Crippen molar-refractivity contribution in [3.63, 3.8) is 0 Å². The average Bonchev–Trinajstić information content (AvgIpc) is 2.75. The average molecular weight is 389 g/mol. The molecule has 3 aromatic rings. The van der Waals surface area contributed by atoms with E-state index < -0.39 is 0 Å². The summed E-state index contributed by atoms with van der Waals surface area (Å²) in [6.45, 7) is 5.17. The van der Waals surface area contributed by atoms with E-state index in [0.29, 0.717) is 30.3 Å². The van der Waals surface area contributed by atoms with Gasteiger partial charge in [0.25, 0.3) is 5.91 Å². The molecule has 0 unspecified atom stereocenters. The first-order valence-electron chi connectivity index (χ1n) is 9.66. The lowest BCUT2D eigenvalue weighted by Gasteiger charge is -2.19. The van der Waals surface area contributed by atoms with E-state index in [1.165, 1.54) is 0 Å². The normalized spacial score (nSPS) is 12.3. The molecule has 29 heavy (non-hydrogen) atoms. The molecular formula is C23H23N3O3. The number of pyridine rings is 1. The third-order valence-corrected chi connectivity index (χ3v) is 4.82. The second kappa shape index (κ2) is 8.22. The second-order valence-corrected chi connectivity index (χ2v) is 6.83. The number of benzene rings is 2. The van der Waals surface area contributed by atoms with Crippen LogP contribution in [0.5, 0.6) is 11.5 Å². The highest BCUT2D eigenvalue weighted by Crippen LogP contribution is 2.33. The van der Waals surface area contributed by atoms with Gasteiger partial charge in [0.15, 0.2) is 11.5 Å². The number of nitrogens with zero attached hydrogens (tertiary/aromatic N) is 1. The van der Waals surface area contributed by atoms with E-state index in [2.05, 4.69) is 22.5 Å². The number of ether oxygens (including phenoxy) is 2. The molecule has 2 heterocycles. The van der Waals surface area contributed by atoms with E-state index in [-0.39, 0.29) is 5.91 Å². The van der Waals surface area contributed by atoms with E-state index in [9.17, 15) is 4.79 Å². The minimum atomic E-state index is -0.174. The van der Waals surface area contributed by atoms with Crippen LogP contribution in [0.1, 0.15) is 28.4 Å². The summed E-state index contributed by atoms with van der Waals surface area (Å²) in [5, 5.41) is 6.24. The van der Waals surface area contributed by atoms with Gasteiger partial charge in [-0.05, 0) is 48.7 Å². The van der Waals surface area contributed by atoms with Crippen LogP contribution in [-0.2, 0) is 6.42 Å². The van der Waals surface area contributed by atoms with Crippen LogP contribution in [0.25, 0.3) is 0 Å². The molecule has 2 aromatic carbocycles. The van der Waals surface area contributed by atoms with Crippen molar-refractivity contribution in [3.05, 3.63) is 71.4 Å². The van der Waals surface area contributed by atoms with Gasteiger partial charge in [0.1, 0.15) is 19.0 Å². The largest absolute Gasteiger partial charge is 0.486 e. The lowest BCUT2D eigenvalue weighted by Crippen LogP contribution is -2.15. The number of fused-ring (bicyclic) bond motifs is 1. The van der Waals surface area contributed by atoms with E-state index in [4.69, 9.17) is 9.47 Å². The Balaban J connectivity index is 1.46. The number of hydrogen-bond acceptors (Lipinski definition) is 5. The molecular weight excluding hydrogens is 366 g/mol. The third-order valence-electron chi connectivity index (χ3n) is 4.82. The van der Waals surface area contributed by atoms with Crippen LogP contribution < -0.4 is 20.1 Å². The molecule has 0 aliphatic carbocycles. The van der Waals surface area contributed by atoms with Crippen LogP contribution in [0.3, 0.4) is 0 Å². The van der Waals surface area contributed by atoms with Crippen molar-refractivity contribution in [1.29, 1.82) is 0 Å². The minimum Gasteiger partial charge on any atom is -0.486 e. The highest BCUT2D eigenvalue weighted by molar-refractivity contribution is 6.05. The van der Waals surface area contributed by atoms with Gasteiger partial charge in [0, 0.05) is 23.6 Å². The maximum atomic E-state index is 12.7. The Morgan fingerprint density at radius 3 is 2.66 bits per heavy atom. The van der Waals surface area contributed by atoms with Crippen LogP contribution in [-0.4, -0.2) is 24.1 Å². The topological polar surface area (TPSA) is 72.5 Å². The Hall–Kier alpha value is -3.54. The van der Waals surface area contributed by atoms with Gasteiger partial charge in [0.2, 0.25) is 0 Å². The second-order valence-electron chi connectivity index (χ2n) is 6.83. The fraction of sp³-hybridized carbons (Fsp3) is 0.217. The van der Waals surface area contributed by atoms with E-state index >= 15 is 0 Å². The number of carbonyl (C=O) groups excluding carboxylic acids is 1. The maximum Gasteiger partial charge on any atom is 0.257 e. The number of carbonyl (C=O) groups is 1. The molecule has 0 atom stereocenters. The van der Waals surface area contributed by atoms with Gasteiger partial charge in [-0.3, -0.25) is 4.79 Å². The lowest BCUT2D eigenvalue weighted by atomic mass is 10.1. The molecule has 1 aliphatic rings. The Kier molecular flexibility index (Phi) is 5.33. The lowest BCUT2D eigenvalue weighted by molar-refractivity contribution is 0.102. The molecule has 6 heteroatoms. The minimum absolute atomic E-state index is 0.174. The van der Waals surface area contributed by atoms with Gasteiger partial charge in [0.05, 0.1) is 5.56 Å². The standard InChI is InChI=1S/C23H23N3O3/c1-3-16-6-4-5-15(2)22(16)26-23(27)17-7-10-21(24-14-17)25-18-8-9-19-20(13-18)29-12-11-28-19/h4-10,13-14H,3,11-12H2,1-2H3,(H,24,25)(H,26,27). The maximum absolute atomic E-state index is 12.7. The smallest absolute Gasteiger partial charge is 0.257 e. The summed E-state index contributed by atoms with van der Waals surface area (Å²) in [5.74, 6) is 1.92. The first-order valence-corrected chi connectivity index (χ1v) is 9.66. The van der Waals surface area contributed by atoms with Crippen molar-refractivity contribution >= 4 is 23.1 Å². The zero-order valence-corrected chi connectivity index (χ0v) is 16.5. The summed E-state index contributed by atoms with van der Waals surface area (Å²) >= 11 is 0. The summed E-state index contributed by atoms with van der Waals surface area (Å²) in [6, 6.07) is 15.2. The van der Waals surface area contributed by atoms with Crippen LogP contribution in [0.2, 0.25) is 0 Å². The molecule has 0 saturated heterocycles. The van der Waals surface area contributed by atoms with Crippen LogP contribution in [0, 0.1) is 6.92 Å². The molecule has 0 spiro atoms. The van der Waals surface area contributed by atoms with Gasteiger partial charge in [-0.25, -0.2) is 4.98 Å². The van der Waals surface area contributed by atoms with Gasteiger partial charge in [-0.15, -0.1) is 0 Å². The van der Waals surface area contributed by atoms with Crippen molar-refractivity contribution in [2.45, 2.75) is 20.3 Å². The number of para-hydroxylation sites is 1. The van der Waals surface area contributed by atoms with Crippen molar-refractivity contribution in [2.75, 3.05) is 23.8 Å². The van der Waals surface area contributed by atoms with Crippen LogP contribution in [0.15, 0.2) is 54.7 Å². The van der Waals surface area contributed by atoms with E-state index in [0.717, 1.165) is 34.7 Å². The Bertz CT molecular complexity index is 1030. The quantitative estimate of drug-likeness (QED) is 0.661. The highest BCUT2D eigenvalue weighted by atomic mass is 16.6. The third kappa shape index (κ3) is 4.16. The summed E-state index contributed by atoms with van der Waals surface area (Å²) in [6.07, 6.45) is 2.42. The molecule has 0 fully saturated rings.